The minimum Gasteiger partial charge on any atom is -0.480 e. The van der Waals surface area contributed by atoms with Crippen molar-refractivity contribution in [2.45, 2.75) is 44.1 Å². The molecule has 0 radical (unpaired) electrons. The Morgan fingerprint density at radius 3 is 2.96 bits per heavy atom. The highest BCUT2D eigenvalue weighted by atomic mass is 16.5. The normalized spacial score (nSPS) is 27.3. The van der Waals surface area contributed by atoms with Crippen LogP contribution < -0.4 is 0 Å². The first-order chi connectivity index (χ1) is 12.1. The van der Waals surface area contributed by atoms with Crippen LogP contribution in [-0.2, 0) is 10.2 Å². The molecular weight excluding hydrogens is 318 g/mol. The molecule has 25 heavy (non-hydrogen) atoms. The molecule has 2 heterocycles. The van der Waals surface area contributed by atoms with E-state index in [1.807, 2.05) is 37.3 Å². The summed E-state index contributed by atoms with van der Waals surface area (Å²) in [5.74, 6) is 0.939. The molecular formula is C19H23N3O3. The lowest BCUT2D eigenvalue weighted by Gasteiger charge is -2.26. The van der Waals surface area contributed by atoms with Gasteiger partial charge in [-0.1, -0.05) is 48.8 Å². The van der Waals surface area contributed by atoms with E-state index in [1.54, 1.807) is 0 Å². The molecule has 132 valence electrons. The Balaban J connectivity index is 1.64. The third kappa shape index (κ3) is 2.65. The van der Waals surface area contributed by atoms with Gasteiger partial charge in [-0.3, -0.25) is 9.69 Å². The zero-order valence-electron chi connectivity index (χ0n) is 14.4. The summed E-state index contributed by atoms with van der Waals surface area (Å²) in [4.78, 5) is 18.4. The molecule has 1 unspecified atom stereocenters. The molecule has 0 bridgehead atoms. The van der Waals surface area contributed by atoms with Crippen LogP contribution in [0.15, 0.2) is 34.9 Å². The van der Waals surface area contributed by atoms with Crippen molar-refractivity contribution in [2.24, 2.45) is 5.92 Å². The summed E-state index contributed by atoms with van der Waals surface area (Å²) in [5.41, 5.74) is 0.748. The van der Waals surface area contributed by atoms with Crippen LogP contribution in [0.2, 0.25) is 0 Å². The molecule has 2 fully saturated rings. The summed E-state index contributed by atoms with van der Waals surface area (Å²) >= 11 is 0. The number of aromatic nitrogens is 2. The van der Waals surface area contributed by atoms with E-state index < -0.39 is 12.0 Å². The van der Waals surface area contributed by atoms with Crippen LogP contribution in [0.25, 0.3) is 11.4 Å². The van der Waals surface area contributed by atoms with E-state index in [9.17, 15) is 9.90 Å². The lowest BCUT2D eigenvalue weighted by atomic mass is 9.80. The summed E-state index contributed by atoms with van der Waals surface area (Å²) in [6, 6.07) is 9.38. The van der Waals surface area contributed by atoms with E-state index in [0.29, 0.717) is 30.6 Å². The van der Waals surface area contributed by atoms with E-state index in [1.165, 1.54) is 0 Å². The largest absolute Gasteiger partial charge is 0.480 e. The Bertz CT molecular complexity index is 760. The fourth-order valence-electron chi connectivity index (χ4n) is 4.63. The van der Waals surface area contributed by atoms with Gasteiger partial charge in [0.2, 0.25) is 11.7 Å². The second kappa shape index (κ2) is 6.26. The van der Waals surface area contributed by atoms with Crippen LogP contribution in [0.3, 0.4) is 0 Å². The van der Waals surface area contributed by atoms with Crippen LogP contribution >= 0.6 is 0 Å². The van der Waals surface area contributed by atoms with Gasteiger partial charge in [0.25, 0.3) is 0 Å². The first kappa shape index (κ1) is 16.3. The third-order valence-corrected chi connectivity index (χ3v) is 5.89. The number of carboxylic acids is 1. The number of benzene rings is 1. The summed E-state index contributed by atoms with van der Waals surface area (Å²) in [7, 11) is 0. The third-order valence-electron chi connectivity index (χ3n) is 5.89. The zero-order valence-corrected chi connectivity index (χ0v) is 14.4. The second-order valence-electron chi connectivity index (χ2n) is 7.23. The highest BCUT2D eigenvalue weighted by Crippen LogP contribution is 2.50. The standard InChI is InChI=1S/C19H23N3O3/c1-2-15(17(23)24)22-11-14-9-6-10-19(14,12-22)18-20-16(21-25-18)13-7-4-3-5-8-13/h3-5,7-8,14-15H,2,6,9-12H2,1H3,(H,23,24)/t14-,15?,19-/m1/s1. The number of carbonyl (C=O) groups is 1. The molecule has 1 saturated heterocycles. The van der Waals surface area contributed by atoms with E-state index >= 15 is 0 Å². The lowest BCUT2D eigenvalue weighted by Crippen LogP contribution is -2.41. The van der Waals surface area contributed by atoms with Crippen molar-refractivity contribution in [3.05, 3.63) is 36.2 Å². The topological polar surface area (TPSA) is 79.5 Å². The molecule has 0 spiro atoms. The van der Waals surface area contributed by atoms with Gasteiger partial charge in [-0.25, -0.2) is 0 Å². The van der Waals surface area contributed by atoms with Crippen LogP contribution in [0.4, 0.5) is 0 Å². The van der Waals surface area contributed by atoms with Gasteiger partial charge in [-0.15, -0.1) is 0 Å². The number of likely N-dealkylation sites (tertiary alicyclic amines) is 1. The Morgan fingerprint density at radius 1 is 1.44 bits per heavy atom. The number of carboxylic acid groups (broad SMARTS) is 1. The molecule has 1 aliphatic heterocycles. The van der Waals surface area contributed by atoms with Gasteiger partial charge < -0.3 is 9.63 Å². The van der Waals surface area contributed by atoms with E-state index in [-0.39, 0.29) is 5.41 Å². The average Bonchev–Trinajstić information content (AvgIpc) is 3.29. The van der Waals surface area contributed by atoms with E-state index in [0.717, 1.165) is 31.4 Å². The maximum absolute atomic E-state index is 11.6. The summed E-state index contributed by atoms with van der Waals surface area (Å²) in [6.45, 7) is 3.42. The fourth-order valence-corrected chi connectivity index (χ4v) is 4.63. The molecule has 0 amide bonds. The summed E-state index contributed by atoms with van der Waals surface area (Å²) in [5, 5.41) is 13.7. The molecule has 2 aliphatic rings. The Hall–Kier alpha value is -2.21. The van der Waals surface area contributed by atoms with Crippen molar-refractivity contribution in [3.63, 3.8) is 0 Å². The molecule has 1 aromatic carbocycles. The molecule has 6 nitrogen and oxygen atoms in total. The van der Waals surface area contributed by atoms with Crippen LogP contribution in [0, 0.1) is 5.92 Å². The highest BCUT2D eigenvalue weighted by Gasteiger charge is 2.55. The number of fused-ring (bicyclic) bond motifs is 1. The molecule has 4 rings (SSSR count). The first-order valence-corrected chi connectivity index (χ1v) is 9.00. The molecule has 3 atom stereocenters. The number of rotatable bonds is 5. The van der Waals surface area contributed by atoms with E-state index in [2.05, 4.69) is 10.1 Å². The van der Waals surface area contributed by atoms with Crippen LogP contribution in [0.1, 0.15) is 38.5 Å². The predicted molar refractivity (Wildman–Crippen MR) is 92.0 cm³/mol. The SMILES string of the molecule is CCC(C(=O)O)N1C[C@H]2CCC[C@@]2(c2nc(-c3ccccc3)no2)C1. The number of aliphatic carboxylic acids is 1. The molecule has 6 heteroatoms. The van der Waals surface area contributed by atoms with Gasteiger partial charge >= 0.3 is 5.97 Å². The average molecular weight is 341 g/mol. The van der Waals surface area contributed by atoms with Crippen LogP contribution in [0.5, 0.6) is 0 Å². The van der Waals surface area contributed by atoms with Gasteiger partial charge in [0.1, 0.15) is 6.04 Å². The second-order valence-corrected chi connectivity index (χ2v) is 7.23. The zero-order chi connectivity index (χ0) is 17.4. The van der Waals surface area contributed by atoms with Gasteiger partial charge in [0, 0.05) is 18.7 Å². The Labute approximate surface area is 146 Å². The number of hydrogen-bond acceptors (Lipinski definition) is 5. The molecule has 1 aliphatic carbocycles. The monoisotopic (exact) mass is 341 g/mol. The van der Waals surface area contributed by atoms with Gasteiger partial charge in [-0.05, 0) is 25.2 Å². The highest BCUT2D eigenvalue weighted by molar-refractivity contribution is 5.73. The van der Waals surface area contributed by atoms with Crippen molar-refractivity contribution in [2.75, 3.05) is 13.1 Å². The molecule has 1 aromatic heterocycles. The van der Waals surface area contributed by atoms with Gasteiger partial charge in [-0.2, -0.15) is 4.98 Å². The van der Waals surface area contributed by atoms with Gasteiger partial charge in [0.05, 0.1) is 5.41 Å². The minimum absolute atomic E-state index is 0.192. The Kier molecular flexibility index (Phi) is 4.07. The van der Waals surface area contributed by atoms with Crippen molar-refractivity contribution < 1.29 is 14.4 Å². The predicted octanol–water partition coefficient (Wildman–Crippen LogP) is 2.95. The van der Waals surface area contributed by atoms with Crippen molar-refractivity contribution in [1.29, 1.82) is 0 Å². The summed E-state index contributed by atoms with van der Waals surface area (Å²) in [6.07, 6.45) is 3.82. The maximum atomic E-state index is 11.6. The van der Waals surface area contributed by atoms with Crippen LogP contribution in [-0.4, -0.2) is 45.2 Å². The van der Waals surface area contributed by atoms with Crippen molar-refractivity contribution in [3.8, 4) is 11.4 Å². The number of nitrogens with zero attached hydrogens (tertiary/aromatic N) is 3. The van der Waals surface area contributed by atoms with E-state index in [4.69, 9.17) is 9.51 Å². The number of hydrogen-bond donors (Lipinski definition) is 1. The molecule has 1 saturated carbocycles. The van der Waals surface area contributed by atoms with Crippen molar-refractivity contribution in [1.82, 2.24) is 15.0 Å². The quantitative estimate of drug-likeness (QED) is 0.901. The first-order valence-electron chi connectivity index (χ1n) is 9.00. The lowest BCUT2D eigenvalue weighted by molar-refractivity contribution is -0.143. The van der Waals surface area contributed by atoms with Gasteiger partial charge in [0.15, 0.2) is 0 Å². The molecule has 1 N–H and O–H groups in total. The maximum Gasteiger partial charge on any atom is 0.320 e. The smallest absolute Gasteiger partial charge is 0.320 e. The van der Waals surface area contributed by atoms with Crippen molar-refractivity contribution >= 4 is 5.97 Å². The summed E-state index contributed by atoms with van der Waals surface area (Å²) < 4.78 is 5.69. The Morgan fingerprint density at radius 2 is 2.24 bits per heavy atom. The molecule has 2 aromatic rings. The minimum atomic E-state index is -0.742. The fraction of sp³-hybridized carbons (Fsp3) is 0.526.